The summed E-state index contributed by atoms with van der Waals surface area (Å²) in [5.41, 5.74) is 0. The molecule has 0 aromatic rings. The minimum atomic E-state index is -1.59. The van der Waals surface area contributed by atoms with Crippen LogP contribution in [-0.2, 0) is 18.9 Å². The van der Waals surface area contributed by atoms with Crippen molar-refractivity contribution in [2.45, 2.75) is 68.3 Å². The molecule has 0 aliphatic carbocycles. The highest BCUT2D eigenvalue weighted by atomic mass is 16.7. The van der Waals surface area contributed by atoms with Crippen LogP contribution in [0.3, 0.4) is 0 Å². The van der Waals surface area contributed by atoms with E-state index >= 15 is 0 Å². The fourth-order valence-corrected chi connectivity index (χ4v) is 3.50. The summed E-state index contributed by atoms with van der Waals surface area (Å²) in [5, 5.41) is 53.6. The number of nitrogens with one attached hydrogen (secondary N) is 1. The number of rotatable bonds is 6. The van der Waals surface area contributed by atoms with Crippen molar-refractivity contribution in [2.24, 2.45) is 4.99 Å². The van der Waals surface area contributed by atoms with Crippen LogP contribution in [0.4, 0.5) is 0 Å². The molecule has 0 saturated carbocycles. The molecule has 2 fully saturated rings. The van der Waals surface area contributed by atoms with Gasteiger partial charge in [0.25, 0.3) is 0 Å². The van der Waals surface area contributed by atoms with Crippen molar-refractivity contribution >= 4 is 5.90 Å². The predicted octanol–water partition coefficient (Wildman–Crippen LogP) is -3.70. The second-order valence-corrected chi connectivity index (χ2v) is 6.92. The van der Waals surface area contributed by atoms with Crippen LogP contribution >= 0.6 is 0 Å². The van der Waals surface area contributed by atoms with Crippen LogP contribution in [0.1, 0.15) is 6.92 Å². The smallest absolute Gasteiger partial charge is 0.227 e. The molecule has 0 aromatic heterocycles. The van der Waals surface area contributed by atoms with Gasteiger partial charge < -0.3 is 49.8 Å². The lowest BCUT2D eigenvalue weighted by Gasteiger charge is -2.45. The van der Waals surface area contributed by atoms with Crippen LogP contribution in [0.2, 0.25) is 0 Å². The molecular formula is C17H26N2O9. The number of hydrogen-bond acceptors (Lipinski definition) is 11. The minimum absolute atomic E-state index is 0.101. The lowest BCUT2D eigenvalue weighted by Crippen LogP contribution is -2.64. The number of fused-ring (bicyclic) bond motifs is 1. The maximum Gasteiger partial charge on any atom is 0.227 e. The third kappa shape index (κ3) is 4.16. The molecular weight excluding hydrogens is 376 g/mol. The van der Waals surface area contributed by atoms with Gasteiger partial charge in [-0.15, -0.1) is 6.42 Å². The first-order valence-electron chi connectivity index (χ1n) is 9.02. The summed E-state index contributed by atoms with van der Waals surface area (Å²) in [6.07, 6.45) is -5.83. The molecule has 11 nitrogen and oxygen atoms in total. The van der Waals surface area contributed by atoms with Crippen LogP contribution in [0.25, 0.3) is 0 Å². The number of ether oxygens (including phenoxy) is 4. The summed E-state index contributed by atoms with van der Waals surface area (Å²) in [5.74, 6) is 2.70. The van der Waals surface area contributed by atoms with E-state index in [1.807, 2.05) is 0 Å². The zero-order valence-corrected chi connectivity index (χ0v) is 15.3. The van der Waals surface area contributed by atoms with Gasteiger partial charge in [-0.05, 0) is 0 Å². The van der Waals surface area contributed by atoms with Crippen molar-refractivity contribution < 1.29 is 44.5 Å². The summed E-state index contributed by atoms with van der Waals surface area (Å²) in [6, 6.07) is -0.767. The van der Waals surface area contributed by atoms with E-state index in [1.165, 1.54) is 0 Å². The van der Waals surface area contributed by atoms with E-state index in [0.717, 1.165) is 0 Å². The number of aliphatic hydroxyl groups excluding tert-OH is 5. The first kappa shape index (κ1) is 21.4. The molecule has 0 spiro atoms. The second-order valence-electron chi connectivity index (χ2n) is 6.92. The zero-order chi connectivity index (χ0) is 20.4. The average molecular weight is 402 g/mol. The Balaban J connectivity index is 1.71. The second kappa shape index (κ2) is 9.00. The molecule has 0 amide bonds. The van der Waals surface area contributed by atoms with Crippen molar-refractivity contribution in [3.05, 3.63) is 0 Å². The molecule has 4 unspecified atom stereocenters. The maximum absolute atomic E-state index is 10.6. The van der Waals surface area contributed by atoms with Crippen LogP contribution < -0.4 is 5.32 Å². The molecule has 6 N–H and O–H groups in total. The Morgan fingerprint density at radius 2 is 1.86 bits per heavy atom. The molecule has 3 heterocycles. The molecule has 0 bridgehead atoms. The normalized spacial score (nSPS) is 45.7. The largest absolute Gasteiger partial charge is 0.450 e. The van der Waals surface area contributed by atoms with Gasteiger partial charge in [0.1, 0.15) is 48.8 Å². The van der Waals surface area contributed by atoms with Gasteiger partial charge in [0.2, 0.25) is 6.29 Å². The third-order valence-electron chi connectivity index (χ3n) is 4.97. The van der Waals surface area contributed by atoms with E-state index in [1.54, 1.807) is 6.92 Å². The van der Waals surface area contributed by atoms with E-state index < -0.39 is 68.0 Å². The minimum Gasteiger partial charge on any atom is -0.450 e. The number of terminal acetylenes is 1. The molecule has 3 aliphatic rings. The maximum atomic E-state index is 10.6. The average Bonchev–Trinajstić information content (AvgIpc) is 3.05. The molecule has 3 aliphatic heterocycles. The van der Waals surface area contributed by atoms with E-state index in [0.29, 0.717) is 5.90 Å². The molecule has 28 heavy (non-hydrogen) atoms. The molecule has 2 saturated heterocycles. The molecule has 3 rings (SSSR count). The third-order valence-corrected chi connectivity index (χ3v) is 4.97. The highest BCUT2D eigenvalue weighted by molar-refractivity contribution is 5.75. The fourth-order valence-electron chi connectivity index (χ4n) is 3.50. The van der Waals surface area contributed by atoms with E-state index in [4.69, 9.17) is 25.4 Å². The summed E-state index contributed by atoms with van der Waals surface area (Å²) >= 11 is 0. The predicted molar refractivity (Wildman–Crippen MR) is 93.0 cm³/mol. The van der Waals surface area contributed by atoms with Crippen molar-refractivity contribution in [1.29, 1.82) is 0 Å². The standard InChI is InChI=1S/C17H26N2O9/c1-3-4-18-5-8-11(21)13(23)14(24)17(26-8)28-15-9(6-20)27-16-10(12(15)22)19-7(2)25-16/h1,8-18,20-24H,4-6H2,2H3/t8?,9?,10?,11-,12+,13-,14?,15+,16-,17-/m0/s1. The fraction of sp³-hybridized carbons (Fsp3) is 0.824. The summed E-state index contributed by atoms with van der Waals surface area (Å²) in [7, 11) is 0. The molecule has 0 radical (unpaired) electrons. The van der Waals surface area contributed by atoms with Gasteiger partial charge in [-0.25, -0.2) is 4.99 Å². The Bertz CT molecular complexity index is 612. The number of aliphatic imine (C=N–C) groups is 1. The van der Waals surface area contributed by atoms with Crippen molar-refractivity contribution in [3.63, 3.8) is 0 Å². The molecule has 10 atom stereocenters. The van der Waals surface area contributed by atoms with Crippen molar-refractivity contribution in [2.75, 3.05) is 19.7 Å². The van der Waals surface area contributed by atoms with Crippen LogP contribution in [-0.4, -0.2) is 112 Å². The van der Waals surface area contributed by atoms with Crippen LogP contribution in [0.15, 0.2) is 4.99 Å². The monoisotopic (exact) mass is 402 g/mol. The summed E-state index contributed by atoms with van der Waals surface area (Å²) in [4.78, 5) is 4.15. The van der Waals surface area contributed by atoms with Gasteiger partial charge in [0.05, 0.1) is 13.2 Å². The quantitative estimate of drug-likeness (QED) is 0.193. The Kier molecular flexibility index (Phi) is 6.87. The lowest BCUT2D eigenvalue weighted by atomic mass is 9.96. The summed E-state index contributed by atoms with van der Waals surface area (Å²) < 4.78 is 22.2. The molecule has 158 valence electrons. The van der Waals surface area contributed by atoms with E-state index in [2.05, 4.69) is 16.2 Å². The number of hydrogen-bond donors (Lipinski definition) is 6. The lowest BCUT2D eigenvalue weighted by molar-refractivity contribution is -0.338. The van der Waals surface area contributed by atoms with Gasteiger partial charge in [-0.2, -0.15) is 0 Å². The van der Waals surface area contributed by atoms with E-state index in [-0.39, 0.29) is 13.1 Å². The topological polar surface area (TPSA) is 162 Å². The van der Waals surface area contributed by atoms with Gasteiger partial charge in [-0.3, -0.25) is 0 Å². The van der Waals surface area contributed by atoms with Gasteiger partial charge >= 0.3 is 0 Å². The van der Waals surface area contributed by atoms with Crippen LogP contribution in [0.5, 0.6) is 0 Å². The van der Waals surface area contributed by atoms with Crippen molar-refractivity contribution in [3.8, 4) is 12.3 Å². The highest BCUT2D eigenvalue weighted by Gasteiger charge is 2.52. The van der Waals surface area contributed by atoms with E-state index in [9.17, 15) is 25.5 Å². The zero-order valence-electron chi connectivity index (χ0n) is 15.3. The summed E-state index contributed by atoms with van der Waals surface area (Å²) in [6.45, 7) is 1.44. The highest BCUT2D eigenvalue weighted by Crippen LogP contribution is 2.32. The molecule has 11 heteroatoms. The van der Waals surface area contributed by atoms with Crippen LogP contribution in [0, 0.1) is 12.3 Å². The number of nitrogens with zero attached hydrogens (tertiary/aromatic N) is 1. The molecule has 0 aromatic carbocycles. The SMILES string of the molecule is C#CCNCC1O[C@@H](O[C@@H]2C(CO)O[C@@H]3OC(C)=NC3[C@H]2O)C(O)[C@@H](O)[C@H]1O. The first-order chi connectivity index (χ1) is 13.4. The Morgan fingerprint density at radius 3 is 2.54 bits per heavy atom. The first-order valence-corrected chi connectivity index (χ1v) is 9.02. The van der Waals surface area contributed by atoms with Gasteiger partial charge in [0.15, 0.2) is 12.2 Å². The van der Waals surface area contributed by atoms with Gasteiger partial charge in [-0.1, -0.05) is 5.92 Å². The van der Waals surface area contributed by atoms with Gasteiger partial charge in [0, 0.05) is 13.5 Å². The Morgan fingerprint density at radius 1 is 1.11 bits per heavy atom. The number of aliphatic hydroxyl groups is 5. The Hall–Kier alpha value is -1.33. The Labute approximate surface area is 161 Å². The van der Waals surface area contributed by atoms with Crippen molar-refractivity contribution in [1.82, 2.24) is 5.32 Å².